The Kier molecular flexibility index (Phi) is 4.55. The van der Waals surface area contributed by atoms with Crippen LogP contribution in [0.2, 0.25) is 0 Å². The monoisotopic (exact) mass is 399 g/mol. The van der Waals surface area contributed by atoms with Gasteiger partial charge in [-0.2, -0.15) is 0 Å². The van der Waals surface area contributed by atoms with Gasteiger partial charge in [-0.15, -0.1) is 11.8 Å². The van der Waals surface area contributed by atoms with Crippen LogP contribution in [0.3, 0.4) is 0 Å². The number of pyridine rings is 1. The largest absolute Gasteiger partial charge is 0.477 e. The number of carboxylic acids is 1. The molecule has 1 aliphatic heterocycles. The third-order valence-electron chi connectivity index (χ3n) is 4.78. The number of carbonyl (C=O) groups is 1. The van der Waals surface area contributed by atoms with Gasteiger partial charge in [-0.3, -0.25) is 4.79 Å². The molecule has 7 heteroatoms. The molecule has 4 nitrogen and oxygen atoms in total. The van der Waals surface area contributed by atoms with Gasteiger partial charge in [0.25, 0.3) is 0 Å². The minimum absolute atomic E-state index is 0.184. The minimum atomic E-state index is -1.30. The molecule has 0 aliphatic carbocycles. The number of halogens is 2. The van der Waals surface area contributed by atoms with Crippen molar-refractivity contribution in [3.8, 4) is 5.69 Å². The third-order valence-corrected chi connectivity index (χ3v) is 6.10. The highest BCUT2D eigenvalue weighted by Gasteiger charge is 2.29. The Bertz CT molecular complexity index is 1170. The van der Waals surface area contributed by atoms with Crippen LogP contribution in [0.4, 0.5) is 8.78 Å². The zero-order valence-electron chi connectivity index (χ0n) is 14.8. The predicted octanol–water partition coefficient (Wildman–Crippen LogP) is 4.51. The number of aryl methyl sites for hydroxylation is 1. The molecule has 0 saturated heterocycles. The summed E-state index contributed by atoms with van der Waals surface area (Å²) < 4.78 is 29.0. The average molecular weight is 399 g/mol. The van der Waals surface area contributed by atoms with Crippen molar-refractivity contribution in [1.82, 2.24) is 4.57 Å². The molecule has 2 heterocycles. The summed E-state index contributed by atoms with van der Waals surface area (Å²) in [5.41, 5.74) is 1.39. The van der Waals surface area contributed by atoms with Crippen molar-refractivity contribution in [3.63, 3.8) is 0 Å². The fourth-order valence-electron chi connectivity index (χ4n) is 3.56. The quantitative estimate of drug-likeness (QED) is 0.689. The number of carboxylic acid groups (broad SMARTS) is 1. The summed E-state index contributed by atoms with van der Waals surface area (Å²) in [5, 5.41) is 9.28. The smallest absolute Gasteiger partial charge is 0.341 e. The molecule has 1 aromatic heterocycles. The van der Waals surface area contributed by atoms with Crippen molar-refractivity contribution < 1.29 is 18.7 Å². The van der Waals surface area contributed by atoms with Crippen molar-refractivity contribution in [1.29, 1.82) is 0 Å². The van der Waals surface area contributed by atoms with E-state index in [1.165, 1.54) is 23.9 Å². The lowest BCUT2D eigenvalue weighted by atomic mass is 10.0. The molecule has 3 aromatic rings. The van der Waals surface area contributed by atoms with Gasteiger partial charge >= 0.3 is 5.97 Å². The zero-order valence-corrected chi connectivity index (χ0v) is 15.6. The van der Waals surface area contributed by atoms with Crippen molar-refractivity contribution in [2.24, 2.45) is 0 Å². The van der Waals surface area contributed by atoms with E-state index >= 15 is 0 Å². The normalized spacial score (nSPS) is 15.5. The van der Waals surface area contributed by atoms with Crippen LogP contribution < -0.4 is 5.43 Å². The number of nitrogens with zero attached hydrogens (tertiary/aromatic N) is 1. The number of aromatic nitrogens is 1. The van der Waals surface area contributed by atoms with Gasteiger partial charge in [0.1, 0.15) is 5.56 Å². The summed E-state index contributed by atoms with van der Waals surface area (Å²) in [7, 11) is 0. The standard InChI is InChI=1S/C21H15F2NO3S/c1-11-8-17(25)20(21(26)27)16-10-19(12-6-7-13(22)14(23)9-12)28-18-5-3-2-4-15(18)24(11)16/h2-9,19H,10H2,1H3,(H,26,27). The van der Waals surface area contributed by atoms with Gasteiger partial charge in [-0.05, 0) is 36.8 Å². The summed E-state index contributed by atoms with van der Waals surface area (Å²) in [6, 6.07) is 12.4. The molecule has 0 fully saturated rings. The first-order valence-corrected chi connectivity index (χ1v) is 9.44. The summed E-state index contributed by atoms with van der Waals surface area (Å²) in [6.07, 6.45) is 0.184. The molecule has 1 N–H and O–H groups in total. The van der Waals surface area contributed by atoms with E-state index in [-0.39, 0.29) is 17.2 Å². The van der Waals surface area contributed by atoms with Crippen LogP contribution in [0.25, 0.3) is 5.69 Å². The molecule has 28 heavy (non-hydrogen) atoms. The minimum Gasteiger partial charge on any atom is -0.477 e. The van der Waals surface area contributed by atoms with Crippen LogP contribution >= 0.6 is 11.8 Å². The molecule has 0 radical (unpaired) electrons. The number of fused-ring (bicyclic) bond motifs is 3. The van der Waals surface area contributed by atoms with Crippen LogP contribution in [-0.2, 0) is 6.42 Å². The predicted molar refractivity (Wildman–Crippen MR) is 102 cm³/mol. The van der Waals surface area contributed by atoms with E-state index in [0.717, 1.165) is 22.7 Å². The topological polar surface area (TPSA) is 59.3 Å². The lowest BCUT2D eigenvalue weighted by Crippen LogP contribution is -2.24. The number of aromatic carboxylic acids is 1. The SMILES string of the molecule is Cc1cc(=O)c(C(=O)O)c2n1-c1ccccc1SC(c1ccc(F)c(F)c1)C2. The molecular formula is C21H15F2NO3S. The third kappa shape index (κ3) is 3.01. The van der Waals surface area contributed by atoms with Crippen molar-refractivity contribution >= 4 is 17.7 Å². The zero-order chi connectivity index (χ0) is 20.0. The van der Waals surface area contributed by atoms with Crippen molar-refractivity contribution in [2.75, 3.05) is 0 Å². The maximum atomic E-state index is 13.8. The van der Waals surface area contributed by atoms with Gasteiger partial charge < -0.3 is 9.67 Å². The summed E-state index contributed by atoms with van der Waals surface area (Å²) >= 11 is 1.43. The number of thioether (sulfide) groups is 1. The van der Waals surface area contributed by atoms with E-state index in [1.54, 1.807) is 11.5 Å². The number of rotatable bonds is 2. The van der Waals surface area contributed by atoms with Crippen molar-refractivity contribution in [3.05, 3.63) is 92.9 Å². The maximum Gasteiger partial charge on any atom is 0.341 e. The van der Waals surface area contributed by atoms with Crippen LogP contribution in [0.1, 0.15) is 32.6 Å². The Morgan fingerprint density at radius 2 is 1.89 bits per heavy atom. The molecule has 1 aliphatic rings. The average Bonchev–Trinajstić information content (AvgIpc) is 2.80. The van der Waals surface area contributed by atoms with Gasteiger partial charge in [0, 0.05) is 34.0 Å². The first kappa shape index (κ1) is 18.4. The molecule has 4 rings (SSSR count). The number of hydrogen-bond donors (Lipinski definition) is 1. The lowest BCUT2D eigenvalue weighted by Gasteiger charge is -2.18. The van der Waals surface area contributed by atoms with Crippen LogP contribution in [0, 0.1) is 18.6 Å². The second-order valence-electron chi connectivity index (χ2n) is 6.56. The number of hydrogen-bond acceptors (Lipinski definition) is 3. The number of benzene rings is 2. The Morgan fingerprint density at radius 1 is 1.14 bits per heavy atom. The molecule has 1 atom stereocenters. The number of para-hydroxylation sites is 1. The highest BCUT2D eigenvalue weighted by atomic mass is 32.2. The summed E-state index contributed by atoms with van der Waals surface area (Å²) in [5.74, 6) is -3.21. The van der Waals surface area contributed by atoms with E-state index in [4.69, 9.17) is 0 Å². The van der Waals surface area contributed by atoms with E-state index in [2.05, 4.69) is 0 Å². The fourth-order valence-corrected chi connectivity index (χ4v) is 4.83. The Balaban J connectivity index is 2.01. The lowest BCUT2D eigenvalue weighted by molar-refractivity contribution is 0.0693. The second kappa shape index (κ2) is 6.91. The first-order valence-electron chi connectivity index (χ1n) is 8.56. The Labute approximate surface area is 163 Å². The molecule has 142 valence electrons. The van der Waals surface area contributed by atoms with E-state index in [9.17, 15) is 23.5 Å². The molecule has 2 aromatic carbocycles. The molecule has 0 amide bonds. The summed E-state index contributed by atoms with van der Waals surface area (Å²) in [4.78, 5) is 25.1. The first-order chi connectivity index (χ1) is 13.4. The highest BCUT2D eigenvalue weighted by molar-refractivity contribution is 7.99. The second-order valence-corrected chi connectivity index (χ2v) is 7.81. The van der Waals surface area contributed by atoms with Crippen LogP contribution in [0.15, 0.2) is 58.2 Å². The van der Waals surface area contributed by atoms with Crippen LogP contribution in [-0.4, -0.2) is 15.6 Å². The van der Waals surface area contributed by atoms with Gasteiger partial charge in [0.15, 0.2) is 17.1 Å². The van der Waals surface area contributed by atoms with Crippen molar-refractivity contribution in [2.45, 2.75) is 23.5 Å². The fraction of sp³-hybridized carbons (Fsp3) is 0.143. The van der Waals surface area contributed by atoms with E-state index < -0.39 is 23.0 Å². The Hall–Kier alpha value is -2.93. The van der Waals surface area contributed by atoms with E-state index in [0.29, 0.717) is 17.0 Å². The van der Waals surface area contributed by atoms with Gasteiger partial charge in [0.05, 0.1) is 5.69 Å². The molecule has 0 bridgehead atoms. The van der Waals surface area contributed by atoms with E-state index in [1.807, 2.05) is 24.3 Å². The van der Waals surface area contributed by atoms with Gasteiger partial charge in [-0.25, -0.2) is 13.6 Å². The van der Waals surface area contributed by atoms with Gasteiger partial charge in [0.2, 0.25) is 0 Å². The van der Waals surface area contributed by atoms with Crippen LogP contribution in [0.5, 0.6) is 0 Å². The molecule has 0 saturated carbocycles. The molecule has 0 spiro atoms. The highest BCUT2D eigenvalue weighted by Crippen LogP contribution is 2.44. The van der Waals surface area contributed by atoms with Gasteiger partial charge in [-0.1, -0.05) is 18.2 Å². The maximum absolute atomic E-state index is 13.8. The summed E-state index contributed by atoms with van der Waals surface area (Å²) in [6.45, 7) is 1.75. The molecular weight excluding hydrogens is 384 g/mol. The Morgan fingerprint density at radius 3 is 2.61 bits per heavy atom. The molecule has 1 unspecified atom stereocenters.